The van der Waals surface area contributed by atoms with Crippen molar-refractivity contribution in [2.75, 3.05) is 24.6 Å². The SMILES string of the molecule is CC(N)C(N1CCCSCC1)C(C)(C)C. The van der Waals surface area contributed by atoms with Crippen LogP contribution in [0.1, 0.15) is 34.1 Å². The molecule has 0 bridgehead atoms. The average molecular weight is 230 g/mol. The maximum Gasteiger partial charge on any atom is 0.0293 e. The Morgan fingerprint density at radius 2 is 1.87 bits per heavy atom. The van der Waals surface area contributed by atoms with Crippen LogP contribution in [-0.2, 0) is 0 Å². The third-order valence-electron chi connectivity index (χ3n) is 3.04. The normalized spacial score (nSPS) is 24.6. The van der Waals surface area contributed by atoms with E-state index in [0.29, 0.717) is 6.04 Å². The molecule has 3 heteroatoms. The first-order valence-corrected chi connectivity index (χ1v) is 7.16. The van der Waals surface area contributed by atoms with Gasteiger partial charge in [0.1, 0.15) is 0 Å². The predicted octanol–water partition coefficient (Wildman–Crippen LogP) is 2.19. The van der Waals surface area contributed by atoms with E-state index in [9.17, 15) is 0 Å². The average Bonchev–Trinajstić information content (AvgIpc) is 2.29. The molecule has 1 aliphatic rings. The zero-order valence-electron chi connectivity index (χ0n) is 10.6. The summed E-state index contributed by atoms with van der Waals surface area (Å²) in [6.07, 6.45) is 1.31. The Bertz CT molecular complexity index is 179. The second-order valence-electron chi connectivity index (χ2n) is 5.67. The zero-order valence-corrected chi connectivity index (χ0v) is 11.4. The van der Waals surface area contributed by atoms with Gasteiger partial charge in [-0.2, -0.15) is 11.8 Å². The number of rotatable bonds is 2. The first kappa shape index (κ1) is 13.3. The molecule has 15 heavy (non-hydrogen) atoms. The van der Waals surface area contributed by atoms with Crippen LogP contribution in [0.4, 0.5) is 0 Å². The molecule has 0 radical (unpaired) electrons. The van der Waals surface area contributed by atoms with Gasteiger partial charge in [-0.05, 0) is 31.1 Å². The zero-order chi connectivity index (χ0) is 11.5. The number of nitrogens with two attached hydrogens (primary N) is 1. The van der Waals surface area contributed by atoms with Gasteiger partial charge in [0.2, 0.25) is 0 Å². The van der Waals surface area contributed by atoms with Crippen LogP contribution in [0.15, 0.2) is 0 Å². The molecule has 0 aliphatic carbocycles. The van der Waals surface area contributed by atoms with Crippen molar-refractivity contribution in [2.45, 2.75) is 46.2 Å². The van der Waals surface area contributed by atoms with Crippen molar-refractivity contribution in [1.29, 1.82) is 0 Å². The topological polar surface area (TPSA) is 29.3 Å². The highest BCUT2D eigenvalue weighted by atomic mass is 32.2. The lowest BCUT2D eigenvalue weighted by Gasteiger charge is -2.42. The Morgan fingerprint density at radius 3 is 2.40 bits per heavy atom. The molecule has 1 heterocycles. The summed E-state index contributed by atoms with van der Waals surface area (Å²) in [5.74, 6) is 2.58. The summed E-state index contributed by atoms with van der Waals surface area (Å²) in [5, 5.41) is 0. The highest BCUT2D eigenvalue weighted by Crippen LogP contribution is 2.28. The van der Waals surface area contributed by atoms with E-state index in [4.69, 9.17) is 5.73 Å². The molecular weight excluding hydrogens is 204 g/mol. The lowest BCUT2D eigenvalue weighted by atomic mass is 9.81. The van der Waals surface area contributed by atoms with Crippen molar-refractivity contribution in [3.8, 4) is 0 Å². The van der Waals surface area contributed by atoms with Crippen LogP contribution < -0.4 is 5.73 Å². The Hall–Kier alpha value is 0.270. The van der Waals surface area contributed by atoms with Gasteiger partial charge < -0.3 is 5.73 Å². The van der Waals surface area contributed by atoms with Crippen LogP contribution >= 0.6 is 11.8 Å². The van der Waals surface area contributed by atoms with Gasteiger partial charge >= 0.3 is 0 Å². The number of hydrogen-bond donors (Lipinski definition) is 1. The summed E-state index contributed by atoms with van der Waals surface area (Å²) in [7, 11) is 0. The lowest BCUT2D eigenvalue weighted by molar-refractivity contribution is 0.0892. The Kier molecular flexibility index (Phi) is 4.94. The monoisotopic (exact) mass is 230 g/mol. The van der Waals surface area contributed by atoms with Gasteiger partial charge in [0.15, 0.2) is 0 Å². The fourth-order valence-electron chi connectivity index (χ4n) is 2.71. The van der Waals surface area contributed by atoms with Gasteiger partial charge in [-0.25, -0.2) is 0 Å². The third kappa shape index (κ3) is 3.97. The van der Waals surface area contributed by atoms with E-state index in [-0.39, 0.29) is 11.5 Å². The number of nitrogens with zero attached hydrogens (tertiary/aromatic N) is 1. The van der Waals surface area contributed by atoms with Crippen LogP contribution in [-0.4, -0.2) is 41.6 Å². The molecular formula is C12H26N2S. The van der Waals surface area contributed by atoms with E-state index in [1.54, 1.807) is 0 Å². The molecule has 1 saturated heterocycles. The first-order chi connectivity index (χ1) is 6.93. The Morgan fingerprint density at radius 1 is 1.20 bits per heavy atom. The molecule has 0 amide bonds. The molecule has 0 aromatic carbocycles. The fourth-order valence-corrected chi connectivity index (χ4v) is 3.61. The second kappa shape index (κ2) is 5.55. The van der Waals surface area contributed by atoms with E-state index in [2.05, 4.69) is 44.4 Å². The molecule has 2 unspecified atom stereocenters. The van der Waals surface area contributed by atoms with Crippen molar-refractivity contribution < 1.29 is 0 Å². The molecule has 0 aromatic rings. The highest BCUT2D eigenvalue weighted by Gasteiger charge is 2.33. The third-order valence-corrected chi connectivity index (χ3v) is 4.08. The molecule has 2 nitrogen and oxygen atoms in total. The first-order valence-electron chi connectivity index (χ1n) is 6.00. The lowest BCUT2D eigenvalue weighted by Crippen LogP contribution is -2.54. The van der Waals surface area contributed by atoms with E-state index in [0.717, 1.165) is 0 Å². The van der Waals surface area contributed by atoms with Crippen LogP contribution in [0.25, 0.3) is 0 Å². The Balaban J connectivity index is 2.69. The second-order valence-corrected chi connectivity index (χ2v) is 6.90. The van der Waals surface area contributed by atoms with Gasteiger partial charge in [0.05, 0.1) is 0 Å². The van der Waals surface area contributed by atoms with Crippen LogP contribution in [0.5, 0.6) is 0 Å². The highest BCUT2D eigenvalue weighted by molar-refractivity contribution is 7.99. The maximum absolute atomic E-state index is 6.16. The van der Waals surface area contributed by atoms with Crippen LogP contribution in [0.3, 0.4) is 0 Å². The van der Waals surface area contributed by atoms with Crippen molar-refractivity contribution in [2.24, 2.45) is 11.1 Å². The molecule has 1 fully saturated rings. The molecule has 0 aromatic heterocycles. The largest absolute Gasteiger partial charge is 0.327 e. The van der Waals surface area contributed by atoms with E-state index < -0.39 is 0 Å². The van der Waals surface area contributed by atoms with E-state index in [1.165, 1.54) is 31.0 Å². The minimum atomic E-state index is 0.257. The number of thioether (sulfide) groups is 1. The van der Waals surface area contributed by atoms with Gasteiger partial charge in [-0.1, -0.05) is 20.8 Å². The quantitative estimate of drug-likeness (QED) is 0.788. The summed E-state index contributed by atoms with van der Waals surface area (Å²) in [4.78, 5) is 2.60. The Labute approximate surface area is 99.0 Å². The molecule has 2 atom stereocenters. The predicted molar refractivity (Wildman–Crippen MR) is 70.4 cm³/mol. The minimum absolute atomic E-state index is 0.257. The van der Waals surface area contributed by atoms with E-state index in [1.807, 2.05) is 0 Å². The van der Waals surface area contributed by atoms with Crippen LogP contribution in [0.2, 0.25) is 0 Å². The maximum atomic E-state index is 6.16. The summed E-state index contributed by atoms with van der Waals surface area (Å²) < 4.78 is 0. The minimum Gasteiger partial charge on any atom is -0.327 e. The smallest absolute Gasteiger partial charge is 0.0293 e. The van der Waals surface area contributed by atoms with Crippen molar-refractivity contribution in [1.82, 2.24) is 4.90 Å². The van der Waals surface area contributed by atoms with Crippen molar-refractivity contribution in [3.05, 3.63) is 0 Å². The van der Waals surface area contributed by atoms with Crippen molar-refractivity contribution >= 4 is 11.8 Å². The van der Waals surface area contributed by atoms with Gasteiger partial charge in [0, 0.05) is 24.4 Å². The number of hydrogen-bond acceptors (Lipinski definition) is 3. The summed E-state index contributed by atoms with van der Waals surface area (Å²) in [6.45, 7) is 11.5. The molecule has 90 valence electrons. The van der Waals surface area contributed by atoms with Gasteiger partial charge in [-0.15, -0.1) is 0 Å². The molecule has 0 saturated carbocycles. The van der Waals surface area contributed by atoms with Gasteiger partial charge in [-0.3, -0.25) is 4.90 Å². The summed E-state index contributed by atoms with van der Waals surface area (Å²) >= 11 is 2.08. The summed E-state index contributed by atoms with van der Waals surface area (Å²) in [5.41, 5.74) is 6.44. The standard InChI is InChI=1S/C12H26N2S/c1-10(13)11(12(2,3)4)14-6-5-8-15-9-7-14/h10-11H,5-9,13H2,1-4H3. The van der Waals surface area contributed by atoms with E-state index >= 15 is 0 Å². The van der Waals surface area contributed by atoms with Gasteiger partial charge in [0.25, 0.3) is 0 Å². The molecule has 1 aliphatic heterocycles. The molecule has 1 rings (SSSR count). The summed E-state index contributed by atoms with van der Waals surface area (Å²) in [6, 6.07) is 0.768. The molecule has 0 spiro atoms. The van der Waals surface area contributed by atoms with Crippen LogP contribution in [0, 0.1) is 5.41 Å². The fraction of sp³-hybridized carbons (Fsp3) is 1.00. The van der Waals surface area contributed by atoms with Crippen molar-refractivity contribution in [3.63, 3.8) is 0 Å². The molecule has 2 N–H and O–H groups in total.